The Hall–Kier alpha value is 0.140. The van der Waals surface area contributed by atoms with Crippen LogP contribution in [0.3, 0.4) is 0 Å². The lowest BCUT2D eigenvalue weighted by molar-refractivity contribution is -0.232. The molecule has 0 aromatic heterocycles. The van der Waals surface area contributed by atoms with Crippen molar-refractivity contribution in [3.05, 3.63) is 0 Å². The lowest BCUT2D eigenvalue weighted by atomic mass is 10.1. The van der Waals surface area contributed by atoms with E-state index in [9.17, 15) is 0 Å². The lowest BCUT2D eigenvalue weighted by Crippen LogP contribution is -2.40. The highest BCUT2D eigenvalue weighted by atomic mass is 35.6. The first-order chi connectivity index (χ1) is 10.9. The minimum absolute atomic E-state index is 0.347. The minimum Gasteiger partial charge on any atom is -0.445 e. The predicted octanol–water partition coefficient (Wildman–Crippen LogP) is 2.75. The van der Waals surface area contributed by atoms with Gasteiger partial charge in [0.25, 0.3) is 3.79 Å². The smallest absolute Gasteiger partial charge is 0.265 e. The molecule has 0 bridgehead atoms. The average molecular weight is 405 g/mol. The maximum atomic E-state index is 7.74. The van der Waals surface area contributed by atoms with Crippen LogP contribution in [0.4, 0.5) is 0 Å². The SMILES string of the molecule is CC1(C)O[C@@H]2[C@H](O1)[C@@H](OC(=N)C(Cl)(Cl)Cl)O[C@@H]2[C@H]1COC(C)(C)O1. The van der Waals surface area contributed by atoms with E-state index in [1.165, 1.54) is 0 Å². The predicted molar refractivity (Wildman–Crippen MR) is 86.5 cm³/mol. The number of hydrogen-bond acceptors (Lipinski definition) is 7. The Morgan fingerprint density at radius 2 is 1.62 bits per heavy atom. The molecule has 3 heterocycles. The number of rotatable bonds is 2. The topological polar surface area (TPSA) is 79.2 Å². The molecular formula is C14H20Cl3NO6. The molecule has 0 saturated carbocycles. The Morgan fingerprint density at radius 1 is 1.00 bits per heavy atom. The monoisotopic (exact) mass is 403 g/mol. The van der Waals surface area contributed by atoms with Crippen LogP contribution >= 0.6 is 34.8 Å². The van der Waals surface area contributed by atoms with Gasteiger partial charge in [-0.05, 0) is 27.7 Å². The Balaban J connectivity index is 1.76. The van der Waals surface area contributed by atoms with Crippen molar-refractivity contribution in [1.82, 2.24) is 0 Å². The van der Waals surface area contributed by atoms with Gasteiger partial charge >= 0.3 is 0 Å². The van der Waals surface area contributed by atoms with Crippen LogP contribution in [0, 0.1) is 5.41 Å². The fourth-order valence-corrected chi connectivity index (χ4v) is 3.18. The molecule has 0 aromatic rings. The second-order valence-corrected chi connectivity index (χ2v) is 9.13. The molecule has 0 amide bonds. The van der Waals surface area contributed by atoms with Crippen LogP contribution in [0.25, 0.3) is 0 Å². The van der Waals surface area contributed by atoms with E-state index in [1.54, 1.807) is 13.8 Å². The number of nitrogens with one attached hydrogen (secondary N) is 1. The molecular weight excluding hydrogens is 385 g/mol. The molecule has 0 aromatic carbocycles. The van der Waals surface area contributed by atoms with Crippen molar-refractivity contribution in [2.75, 3.05) is 6.61 Å². The third-order valence-electron chi connectivity index (χ3n) is 3.94. The van der Waals surface area contributed by atoms with Crippen LogP contribution in [0.5, 0.6) is 0 Å². The van der Waals surface area contributed by atoms with Crippen molar-refractivity contribution in [1.29, 1.82) is 5.41 Å². The van der Waals surface area contributed by atoms with Gasteiger partial charge in [0.05, 0.1) is 6.61 Å². The molecule has 3 aliphatic rings. The van der Waals surface area contributed by atoms with Crippen LogP contribution in [-0.4, -0.2) is 58.6 Å². The molecule has 0 radical (unpaired) electrons. The van der Waals surface area contributed by atoms with Gasteiger partial charge in [-0.15, -0.1) is 0 Å². The molecule has 7 nitrogen and oxygen atoms in total. The molecule has 138 valence electrons. The van der Waals surface area contributed by atoms with Crippen molar-refractivity contribution >= 4 is 40.7 Å². The molecule has 3 rings (SSSR count). The largest absolute Gasteiger partial charge is 0.445 e. The zero-order chi connectivity index (χ0) is 17.9. The van der Waals surface area contributed by atoms with Gasteiger partial charge in [-0.25, -0.2) is 0 Å². The standard InChI is InChI=1S/C14H20Cl3NO6/c1-12(2)19-5-6(22-12)7-8-9(24-13(3,4)23-8)10(20-7)21-11(18)14(15,16)17/h6-10,18H,5H2,1-4H3/t6-,7-,8+,9+,10-/m1/s1. The second kappa shape index (κ2) is 6.09. The van der Waals surface area contributed by atoms with E-state index in [0.29, 0.717) is 6.61 Å². The maximum Gasteiger partial charge on any atom is 0.265 e. The van der Waals surface area contributed by atoms with Crippen molar-refractivity contribution in [3.63, 3.8) is 0 Å². The Labute approximate surface area is 155 Å². The number of ether oxygens (including phenoxy) is 6. The summed E-state index contributed by atoms with van der Waals surface area (Å²) in [6.07, 6.45) is -2.83. The van der Waals surface area contributed by atoms with E-state index in [-0.39, 0.29) is 6.10 Å². The highest BCUT2D eigenvalue weighted by molar-refractivity contribution is 6.76. The van der Waals surface area contributed by atoms with Gasteiger partial charge in [-0.2, -0.15) is 0 Å². The summed E-state index contributed by atoms with van der Waals surface area (Å²) in [7, 11) is 0. The number of hydrogen-bond donors (Lipinski definition) is 1. The maximum absolute atomic E-state index is 7.74. The van der Waals surface area contributed by atoms with Gasteiger partial charge in [-0.3, -0.25) is 5.41 Å². The van der Waals surface area contributed by atoms with E-state index in [1.807, 2.05) is 13.8 Å². The Kier molecular flexibility index (Phi) is 4.80. The van der Waals surface area contributed by atoms with Gasteiger partial charge in [-0.1, -0.05) is 34.8 Å². The molecule has 0 aliphatic carbocycles. The van der Waals surface area contributed by atoms with Crippen LogP contribution in [-0.2, 0) is 28.4 Å². The van der Waals surface area contributed by atoms with E-state index in [4.69, 9.17) is 68.6 Å². The van der Waals surface area contributed by atoms with Gasteiger partial charge in [0.2, 0.25) is 12.2 Å². The lowest BCUT2D eigenvalue weighted by Gasteiger charge is -2.27. The number of alkyl halides is 3. The summed E-state index contributed by atoms with van der Waals surface area (Å²) in [5.41, 5.74) is 0. The van der Waals surface area contributed by atoms with Crippen molar-refractivity contribution in [2.24, 2.45) is 0 Å². The zero-order valence-electron chi connectivity index (χ0n) is 13.7. The fraction of sp³-hybridized carbons (Fsp3) is 0.929. The molecule has 3 aliphatic heterocycles. The van der Waals surface area contributed by atoms with Crippen LogP contribution < -0.4 is 0 Å². The molecule has 5 atom stereocenters. The normalized spacial score (nSPS) is 40.5. The third kappa shape index (κ3) is 3.78. The summed E-state index contributed by atoms with van der Waals surface area (Å²) in [5, 5.41) is 7.74. The zero-order valence-corrected chi connectivity index (χ0v) is 15.9. The quantitative estimate of drug-likeness (QED) is 0.433. The summed E-state index contributed by atoms with van der Waals surface area (Å²) < 4.78 is 32.5. The number of fused-ring (bicyclic) bond motifs is 1. The van der Waals surface area contributed by atoms with Gasteiger partial charge in [0.15, 0.2) is 17.7 Å². The van der Waals surface area contributed by atoms with E-state index < -0.39 is 45.9 Å². The summed E-state index contributed by atoms with van der Waals surface area (Å²) in [4.78, 5) is 0. The molecule has 0 unspecified atom stereocenters. The van der Waals surface area contributed by atoms with Gasteiger partial charge in [0, 0.05) is 0 Å². The molecule has 10 heteroatoms. The molecule has 24 heavy (non-hydrogen) atoms. The van der Waals surface area contributed by atoms with Crippen LogP contribution in [0.15, 0.2) is 0 Å². The van der Waals surface area contributed by atoms with Crippen LogP contribution in [0.1, 0.15) is 27.7 Å². The minimum atomic E-state index is -1.99. The second-order valence-electron chi connectivity index (χ2n) is 6.85. The van der Waals surface area contributed by atoms with Crippen molar-refractivity contribution < 1.29 is 28.4 Å². The summed E-state index contributed by atoms with van der Waals surface area (Å²) in [5.74, 6) is -2.08. The highest BCUT2D eigenvalue weighted by Crippen LogP contribution is 2.43. The third-order valence-corrected chi connectivity index (χ3v) is 4.45. The summed E-state index contributed by atoms with van der Waals surface area (Å²) in [6.45, 7) is 7.56. The molecule has 3 fully saturated rings. The molecule has 3 saturated heterocycles. The first-order valence-electron chi connectivity index (χ1n) is 7.53. The number of halogens is 3. The van der Waals surface area contributed by atoms with Crippen LogP contribution in [0.2, 0.25) is 0 Å². The Morgan fingerprint density at radius 3 is 2.17 bits per heavy atom. The fourth-order valence-electron chi connectivity index (χ4n) is 3.05. The first kappa shape index (κ1) is 18.9. The van der Waals surface area contributed by atoms with E-state index >= 15 is 0 Å². The molecule has 0 spiro atoms. The molecule has 1 N–H and O–H groups in total. The van der Waals surface area contributed by atoms with Gasteiger partial charge in [0.1, 0.15) is 18.3 Å². The van der Waals surface area contributed by atoms with Crippen molar-refractivity contribution in [2.45, 2.75) is 73.8 Å². The highest BCUT2D eigenvalue weighted by Gasteiger charge is 2.60. The van der Waals surface area contributed by atoms with Gasteiger partial charge < -0.3 is 28.4 Å². The summed E-state index contributed by atoms with van der Waals surface area (Å²) >= 11 is 17.0. The van der Waals surface area contributed by atoms with Crippen molar-refractivity contribution in [3.8, 4) is 0 Å². The van der Waals surface area contributed by atoms with E-state index in [2.05, 4.69) is 0 Å². The average Bonchev–Trinajstić information content (AvgIpc) is 3.00. The van der Waals surface area contributed by atoms with E-state index in [0.717, 1.165) is 0 Å². The Bertz CT molecular complexity index is 523. The summed E-state index contributed by atoms with van der Waals surface area (Å²) in [6, 6.07) is 0. The first-order valence-corrected chi connectivity index (χ1v) is 8.67.